The summed E-state index contributed by atoms with van der Waals surface area (Å²) < 4.78 is 50.0. The van der Waals surface area contributed by atoms with E-state index in [1.54, 1.807) is 61.3 Å². The predicted octanol–water partition coefficient (Wildman–Crippen LogP) is 5.93. The Morgan fingerprint density at radius 2 is 1.91 bits per heavy atom. The molecule has 0 aliphatic heterocycles. The number of fused-ring (bicyclic) bond motifs is 1. The van der Waals surface area contributed by atoms with Crippen molar-refractivity contribution >= 4 is 32.3 Å². The number of nitrogens with zero attached hydrogens (tertiary/aromatic N) is 5. The number of sulfone groups is 1. The van der Waals surface area contributed by atoms with Crippen LogP contribution in [0.3, 0.4) is 0 Å². The normalized spacial score (nSPS) is 12.7. The van der Waals surface area contributed by atoms with Gasteiger partial charge in [-0.15, -0.1) is 0 Å². The second kappa shape index (κ2) is 11.5. The largest absolute Gasteiger partial charge is 0.453 e. The summed E-state index contributed by atoms with van der Waals surface area (Å²) >= 11 is 0. The number of benzene rings is 2. The Kier molecular flexibility index (Phi) is 7.98. The molecule has 1 N–H and O–H groups in total. The molecular formula is C31H31FN6O4S. The summed E-state index contributed by atoms with van der Waals surface area (Å²) in [5.74, 6) is -0.777. The highest BCUT2D eigenvalue weighted by molar-refractivity contribution is 7.91. The maximum atomic E-state index is 15.4. The summed E-state index contributed by atoms with van der Waals surface area (Å²) in [7, 11) is -3.84. The van der Waals surface area contributed by atoms with Gasteiger partial charge in [0.15, 0.2) is 21.4 Å². The van der Waals surface area contributed by atoms with Gasteiger partial charge < -0.3 is 10.1 Å². The van der Waals surface area contributed by atoms with Crippen molar-refractivity contribution in [3.05, 3.63) is 96.0 Å². The Balaban J connectivity index is 1.38. The van der Waals surface area contributed by atoms with Crippen LogP contribution in [-0.4, -0.2) is 39.3 Å². The molecule has 3 heterocycles. The second-order valence-electron chi connectivity index (χ2n) is 11.2. The van der Waals surface area contributed by atoms with Crippen LogP contribution in [0.15, 0.2) is 78.2 Å². The van der Waals surface area contributed by atoms with Crippen LogP contribution in [0.2, 0.25) is 0 Å². The number of aromatic nitrogens is 5. The first-order chi connectivity index (χ1) is 20.3. The molecule has 1 unspecified atom stereocenters. The van der Waals surface area contributed by atoms with Crippen LogP contribution in [0, 0.1) is 12.7 Å². The van der Waals surface area contributed by atoms with Crippen molar-refractivity contribution < 1.29 is 22.3 Å². The van der Waals surface area contributed by atoms with Crippen LogP contribution in [0.4, 0.5) is 10.1 Å². The Labute approximate surface area is 248 Å². The second-order valence-corrected chi connectivity index (χ2v) is 13.5. The van der Waals surface area contributed by atoms with Crippen LogP contribution >= 0.6 is 0 Å². The first-order valence-electron chi connectivity index (χ1n) is 13.5. The van der Waals surface area contributed by atoms with E-state index in [1.807, 2.05) is 20.8 Å². The minimum absolute atomic E-state index is 0.0377. The van der Waals surface area contributed by atoms with Crippen LogP contribution in [0.1, 0.15) is 49.8 Å². The molecule has 5 aromatic rings. The highest BCUT2D eigenvalue weighted by Gasteiger charge is 2.27. The predicted molar refractivity (Wildman–Crippen MR) is 160 cm³/mol. The number of carbonyl (C=O) groups is 1. The fourth-order valence-electron chi connectivity index (χ4n) is 4.55. The summed E-state index contributed by atoms with van der Waals surface area (Å²) in [6.45, 7) is 9.22. The number of hydrogen-bond acceptors (Lipinski definition) is 8. The number of rotatable bonds is 8. The molecule has 0 fully saturated rings. The lowest BCUT2D eigenvalue weighted by Crippen LogP contribution is -2.22. The van der Waals surface area contributed by atoms with E-state index >= 15 is 4.39 Å². The molecule has 1 amide bonds. The number of hydrogen-bond donors (Lipinski definition) is 1. The zero-order valence-corrected chi connectivity index (χ0v) is 25.2. The highest BCUT2D eigenvalue weighted by atomic mass is 32.2. The number of pyridine rings is 1. The quantitative estimate of drug-likeness (QED) is 0.231. The standard InChI is InChI=1S/C31H31FN6O4S/c1-19-13-21(15-29(39)36-22-17-35-38(18-22)31(3,4)5)14-25(32)30(19)42-28-10-12-33-27-9-8-23(16-24(27)28)43(40,41)20(2)26-7-6-11-34-37-26/h6-14,16-18,20H,15H2,1-5H3,(H,36,39). The van der Waals surface area contributed by atoms with Gasteiger partial charge in [-0.2, -0.15) is 15.3 Å². The van der Waals surface area contributed by atoms with Gasteiger partial charge in [-0.25, -0.2) is 12.8 Å². The molecule has 222 valence electrons. The van der Waals surface area contributed by atoms with Gasteiger partial charge in [0, 0.05) is 24.0 Å². The maximum Gasteiger partial charge on any atom is 0.228 e. The topological polar surface area (TPSA) is 129 Å². The molecule has 3 aromatic heterocycles. The van der Waals surface area contributed by atoms with E-state index in [4.69, 9.17) is 4.74 Å². The lowest BCUT2D eigenvalue weighted by Gasteiger charge is -2.18. The highest BCUT2D eigenvalue weighted by Crippen LogP contribution is 2.36. The average Bonchev–Trinajstić information content (AvgIpc) is 3.44. The summed E-state index contributed by atoms with van der Waals surface area (Å²) in [5, 5.41) is 14.2. The van der Waals surface area contributed by atoms with Gasteiger partial charge >= 0.3 is 0 Å². The molecule has 0 aliphatic rings. The smallest absolute Gasteiger partial charge is 0.228 e. The van der Waals surface area contributed by atoms with Crippen LogP contribution in [-0.2, 0) is 26.6 Å². The van der Waals surface area contributed by atoms with Crippen LogP contribution in [0.25, 0.3) is 10.9 Å². The fraction of sp³-hybridized carbons (Fsp3) is 0.258. The van der Waals surface area contributed by atoms with Crippen LogP contribution in [0.5, 0.6) is 11.5 Å². The molecule has 12 heteroatoms. The molecule has 0 bridgehead atoms. The molecule has 1 atom stereocenters. The van der Waals surface area contributed by atoms with Gasteiger partial charge in [0.2, 0.25) is 5.91 Å². The van der Waals surface area contributed by atoms with E-state index in [9.17, 15) is 13.2 Å². The molecule has 0 saturated carbocycles. The summed E-state index contributed by atoms with van der Waals surface area (Å²) in [6.07, 6.45) is 6.23. The third-order valence-corrected chi connectivity index (χ3v) is 8.98. The monoisotopic (exact) mass is 602 g/mol. The molecule has 0 saturated heterocycles. The number of aryl methyl sites for hydroxylation is 1. The van der Waals surface area contributed by atoms with Crippen molar-refractivity contribution in [1.29, 1.82) is 0 Å². The maximum absolute atomic E-state index is 15.4. The summed E-state index contributed by atoms with van der Waals surface area (Å²) in [4.78, 5) is 17.0. The summed E-state index contributed by atoms with van der Waals surface area (Å²) in [5.41, 5.74) is 2.04. The number of carbonyl (C=O) groups excluding carboxylic acids is 1. The van der Waals surface area contributed by atoms with Gasteiger partial charge in [-0.3, -0.25) is 14.5 Å². The van der Waals surface area contributed by atoms with E-state index in [-0.39, 0.29) is 34.3 Å². The van der Waals surface area contributed by atoms with Crippen molar-refractivity contribution in [3.63, 3.8) is 0 Å². The van der Waals surface area contributed by atoms with Crippen molar-refractivity contribution in [3.8, 4) is 11.5 Å². The Morgan fingerprint density at radius 1 is 1.12 bits per heavy atom. The third-order valence-electron chi connectivity index (χ3n) is 6.90. The zero-order valence-electron chi connectivity index (χ0n) is 24.4. The number of amides is 1. The molecule has 5 rings (SSSR count). The van der Waals surface area contributed by atoms with Crippen molar-refractivity contribution in [2.45, 2.75) is 56.7 Å². The zero-order chi connectivity index (χ0) is 30.9. The van der Waals surface area contributed by atoms with E-state index in [2.05, 4.69) is 25.6 Å². The SMILES string of the molecule is Cc1cc(CC(=O)Nc2cnn(C(C)(C)C)c2)cc(F)c1Oc1ccnc2ccc(S(=O)(=O)C(C)c3cccnn3)cc12. The fourth-order valence-corrected chi connectivity index (χ4v) is 5.94. The molecule has 0 spiro atoms. The number of anilines is 1. The number of halogens is 1. The molecule has 2 aromatic carbocycles. The van der Waals surface area contributed by atoms with Gasteiger partial charge in [-0.1, -0.05) is 6.07 Å². The molecular weight excluding hydrogens is 571 g/mol. The van der Waals surface area contributed by atoms with E-state index < -0.39 is 20.9 Å². The van der Waals surface area contributed by atoms with Gasteiger partial charge in [0.05, 0.1) is 40.0 Å². The van der Waals surface area contributed by atoms with Gasteiger partial charge in [0.1, 0.15) is 11.0 Å². The first kappa shape index (κ1) is 29.8. The Hall–Kier alpha value is -4.71. The van der Waals surface area contributed by atoms with E-state index in [1.165, 1.54) is 30.6 Å². The minimum Gasteiger partial charge on any atom is -0.453 e. The lowest BCUT2D eigenvalue weighted by molar-refractivity contribution is -0.115. The minimum atomic E-state index is -3.84. The van der Waals surface area contributed by atoms with Crippen molar-refractivity contribution in [2.24, 2.45) is 0 Å². The number of nitrogens with one attached hydrogen (secondary N) is 1. The average molecular weight is 603 g/mol. The Bertz CT molecular complexity index is 1900. The number of ether oxygens (including phenoxy) is 1. The van der Waals surface area contributed by atoms with Gasteiger partial charge in [-0.05, 0) is 88.2 Å². The van der Waals surface area contributed by atoms with Crippen molar-refractivity contribution in [2.75, 3.05) is 5.32 Å². The Morgan fingerprint density at radius 3 is 2.58 bits per heavy atom. The molecule has 0 radical (unpaired) electrons. The third kappa shape index (κ3) is 6.38. The van der Waals surface area contributed by atoms with E-state index in [0.29, 0.717) is 33.4 Å². The molecule has 43 heavy (non-hydrogen) atoms. The van der Waals surface area contributed by atoms with Crippen molar-refractivity contribution in [1.82, 2.24) is 25.0 Å². The summed E-state index contributed by atoms with van der Waals surface area (Å²) in [6, 6.07) is 12.2. The van der Waals surface area contributed by atoms with Crippen LogP contribution < -0.4 is 10.1 Å². The van der Waals surface area contributed by atoms with E-state index in [0.717, 1.165) is 0 Å². The first-order valence-corrected chi connectivity index (χ1v) is 15.1. The molecule has 0 aliphatic carbocycles. The lowest BCUT2D eigenvalue weighted by atomic mass is 10.1. The van der Waals surface area contributed by atoms with Gasteiger partial charge in [0.25, 0.3) is 0 Å². The molecule has 10 nitrogen and oxygen atoms in total.